The molecule has 0 aromatic carbocycles. The molecule has 3 N–H and O–H groups in total. The van der Waals surface area contributed by atoms with Crippen LogP contribution in [0.3, 0.4) is 0 Å². The first-order valence-electron chi connectivity index (χ1n) is 23.9. The molecule has 3 unspecified atom stereocenters. The predicted molar refractivity (Wildman–Crippen MR) is 232 cm³/mol. The number of aliphatic hydroxyl groups is 2. The van der Waals surface area contributed by atoms with Crippen LogP contribution >= 0.6 is 0 Å². The summed E-state index contributed by atoms with van der Waals surface area (Å²) in [5.41, 5.74) is 0. The van der Waals surface area contributed by atoms with Gasteiger partial charge < -0.3 is 20.3 Å². The molecule has 0 aromatic rings. The van der Waals surface area contributed by atoms with E-state index >= 15 is 0 Å². The highest BCUT2D eigenvalue weighted by molar-refractivity contribution is 5.77. The lowest BCUT2D eigenvalue weighted by molar-refractivity contribution is -0.151. The lowest BCUT2D eigenvalue weighted by Crippen LogP contribution is -2.46. The van der Waals surface area contributed by atoms with E-state index in [2.05, 4.69) is 38.2 Å². The van der Waals surface area contributed by atoms with Gasteiger partial charge in [0.05, 0.1) is 25.2 Å². The fraction of sp³-hybridized carbons (Fsp3) is 0.917. The normalized spacial score (nSPS) is 13.4. The fourth-order valence-electron chi connectivity index (χ4n) is 7.41. The molecular weight excluding hydrogens is 671 g/mol. The Labute approximate surface area is 336 Å². The van der Waals surface area contributed by atoms with Crippen LogP contribution in [0.2, 0.25) is 0 Å². The van der Waals surface area contributed by atoms with E-state index in [0.717, 1.165) is 64.2 Å². The average Bonchev–Trinajstić information content (AvgIpc) is 3.16. The number of ether oxygens (including phenoxy) is 1. The van der Waals surface area contributed by atoms with Crippen molar-refractivity contribution in [2.45, 2.75) is 277 Å². The molecule has 0 aromatic heterocycles. The number of aliphatic hydroxyl groups excluding tert-OH is 2. The fourth-order valence-corrected chi connectivity index (χ4v) is 7.41. The summed E-state index contributed by atoms with van der Waals surface area (Å²) in [5, 5.41) is 23.7. The van der Waals surface area contributed by atoms with Gasteiger partial charge in [-0.15, -0.1) is 0 Å². The number of nitrogens with one attached hydrogen (secondary N) is 1. The van der Waals surface area contributed by atoms with Gasteiger partial charge in [-0.25, -0.2) is 0 Å². The molecule has 0 fully saturated rings. The van der Waals surface area contributed by atoms with Gasteiger partial charge in [0.1, 0.15) is 6.10 Å². The quantitative estimate of drug-likeness (QED) is 0.0326. The monoisotopic (exact) mass is 764 g/mol. The molecule has 1 amide bonds. The first-order chi connectivity index (χ1) is 26.5. The Morgan fingerprint density at radius 1 is 0.519 bits per heavy atom. The molecular formula is C48H93NO5. The summed E-state index contributed by atoms with van der Waals surface area (Å²) in [7, 11) is 0. The van der Waals surface area contributed by atoms with Crippen LogP contribution in [0.4, 0.5) is 0 Å². The highest BCUT2D eigenvalue weighted by Crippen LogP contribution is 2.18. The largest absolute Gasteiger partial charge is 0.462 e. The third kappa shape index (κ3) is 37.5. The molecule has 6 nitrogen and oxygen atoms in total. The highest BCUT2D eigenvalue weighted by Gasteiger charge is 2.24. The summed E-state index contributed by atoms with van der Waals surface area (Å²) < 4.78 is 5.89. The van der Waals surface area contributed by atoms with Crippen LogP contribution in [0.25, 0.3) is 0 Å². The lowest BCUT2D eigenvalue weighted by Gasteiger charge is -2.24. The number of allylic oxidation sites excluding steroid dienone is 2. The van der Waals surface area contributed by atoms with Crippen LogP contribution in [0.15, 0.2) is 12.2 Å². The Hall–Kier alpha value is -1.40. The number of rotatable bonds is 43. The van der Waals surface area contributed by atoms with E-state index in [4.69, 9.17) is 4.74 Å². The third-order valence-electron chi connectivity index (χ3n) is 11.1. The molecule has 0 aliphatic rings. The zero-order valence-electron chi connectivity index (χ0n) is 36.4. The number of hydrogen-bond donors (Lipinski definition) is 3. The van der Waals surface area contributed by atoms with E-state index in [-0.39, 0.29) is 24.9 Å². The van der Waals surface area contributed by atoms with Crippen molar-refractivity contribution in [2.75, 3.05) is 6.61 Å². The number of esters is 1. The average molecular weight is 764 g/mol. The molecule has 0 saturated carbocycles. The summed E-state index contributed by atoms with van der Waals surface area (Å²) in [6.45, 7) is 6.44. The summed E-state index contributed by atoms with van der Waals surface area (Å²) in [4.78, 5) is 26.0. The molecule has 0 aliphatic heterocycles. The van der Waals surface area contributed by atoms with Crippen molar-refractivity contribution in [1.82, 2.24) is 5.32 Å². The second-order valence-corrected chi connectivity index (χ2v) is 16.5. The second kappa shape index (κ2) is 42.7. The van der Waals surface area contributed by atoms with Crippen LogP contribution in [0, 0.1) is 0 Å². The molecule has 0 heterocycles. The lowest BCUT2D eigenvalue weighted by atomic mass is 10.0. The first-order valence-corrected chi connectivity index (χ1v) is 23.9. The minimum absolute atomic E-state index is 0.0726. The zero-order chi connectivity index (χ0) is 39.6. The molecule has 0 rings (SSSR count). The zero-order valence-corrected chi connectivity index (χ0v) is 36.4. The van der Waals surface area contributed by atoms with E-state index < -0.39 is 18.2 Å². The summed E-state index contributed by atoms with van der Waals surface area (Å²) in [5.74, 6) is -0.480. The van der Waals surface area contributed by atoms with Gasteiger partial charge in [0.25, 0.3) is 0 Å². The van der Waals surface area contributed by atoms with Gasteiger partial charge in [-0.3, -0.25) is 9.59 Å². The molecule has 0 saturated heterocycles. The van der Waals surface area contributed by atoms with Gasteiger partial charge >= 0.3 is 5.97 Å². The number of hydrogen-bond acceptors (Lipinski definition) is 5. The molecule has 0 spiro atoms. The molecule has 6 heteroatoms. The maximum atomic E-state index is 13.1. The predicted octanol–water partition coefficient (Wildman–Crippen LogP) is 13.8. The van der Waals surface area contributed by atoms with E-state index in [1.54, 1.807) is 0 Å². The molecule has 3 atom stereocenters. The van der Waals surface area contributed by atoms with Crippen LogP contribution < -0.4 is 5.32 Å². The van der Waals surface area contributed by atoms with E-state index in [1.165, 1.54) is 148 Å². The van der Waals surface area contributed by atoms with Crippen molar-refractivity contribution in [3.63, 3.8) is 0 Å². The standard InChI is InChI=1S/C48H93NO5/c1-4-7-10-13-16-19-21-23-25-28-31-34-37-40-46(51)45(43-50)49-47(52)42-44(39-36-33-30-27-18-15-12-9-6-3)54-48(53)41-38-35-32-29-26-24-22-20-17-14-11-8-5-2/h15,18,44-46,50-51H,4-14,16-17,19-43H2,1-3H3,(H,49,52)/b18-15-. The topological polar surface area (TPSA) is 95.9 Å². The van der Waals surface area contributed by atoms with Crippen molar-refractivity contribution in [2.24, 2.45) is 0 Å². The van der Waals surface area contributed by atoms with Gasteiger partial charge in [0, 0.05) is 6.42 Å². The number of carbonyl (C=O) groups is 2. The van der Waals surface area contributed by atoms with Crippen LogP contribution in [0.5, 0.6) is 0 Å². The van der Waals surface area contributed by atoms with Crippen LogP contribution in [0.1, 0.15) is 258 Å². The smallest absolute Gasteiger partial charge is 0.306 e. The summed E-state index contributed by atoms with van der Waals surface area (Å²) >= 11 is 0. The maximum Gasteiger partial charge on any atom is 0.306 e. The number of carbonyl (C=O) groups excluding carboxylic acids is 2. The van der Waals surface area contributed by atoms with Crippen LogP contribution in [-0.2, 0) is 14.3 Å². The maximum absolute atomic E-state index is 13.1. The number of amides is 1. The third-order valence-corrected chi connectivity index (χ3v) is 11.1. The number of unbranched alkanes of at least 4 members (excludes halogenated alkanes) is 29. The Morgan fingerprint density at radius 2 is 0.907 bits per heavy atom. The molecule has 54 heavy (non-hydrogen) atoms. The SMILES string of the molecule is CCCC/C=C\CCCCCC(CC(=O)NC(CO)C(O)CCCCCCCCCCCCCCC)OC(=O)CCCCCCCCCCCCCCC. The molecule has 0 bridgehead atoms. The highest BCUT2D eigenvalue weighted by atomic mass is 16.5. The van der Waals surface area contributed by atoms with Crippen molar-refractivity contribution in [3.8, 4) is 0 Å². The van der Waals surface area contributed by atoms with Crippen molar-refractivity contribution in [1.29, 1.82) is 0 Å². The molecule has 320 valence electrons. The first kappa shape index (κ1) is 52.6. The Kier molecular flexibility index (Phi) is 41.6. The Bertz CT molecular complexity index is 817. The van der Waals surface area contributed by atoms with E-state index in [9.17, 15) is 19.8 Å². The van der Waals surface area contributed by atoms with Crippen LogP contribution in [-0.4, -0.2) is 46.9 Å². The Balaban J connectivity index is 4.48. The van der Waals surface area contributed by atoms with Gasteiger partial charge in [0.15, 0.2) is 0 Å². The molecule has 0 aliphatic carbocycles. The van der Waals surface area contributed by atoms with Gasteiger partial charge in [-0.1, -0.05) is 213 Å². The minimum atomic E-state index is -0.784. The minimum Gasteiger partial charge on any atom is -0.462 e. The molecule has 0 radical (unpaired) electrons. The van der Waals surface area contributed by atoms with Gasteiger partial charge in [0.2, 0.25) is 5.91 Å². The van der Waals surface area contributed by atoms with E-state index in [0.29, 0.717) is 19.3 Å². The van der Waals surface area contributed by atoms with Crippen molar-refractivity contribution < 1.29 is 24.5 Å². The second-order valence-electron chi connectivity index (χ2n) is 16.5. The summed E-state index contributed by atoms with van der Waals surface area (Å²) in [6, 6.07) is -0.698. The van der Waals surface area contributed by atoms with E-state index in [1.807, 2.05) is 0 Å². The summed E-state index contributed by atoms with van der Waals surface area (Å²) in [6.07, 6.45) is 45.6. The Morgan fingerprint density at radius 3 is 1.37 bits per heavy atom. The van der Waals surface area contributed by atoms with Gasteiger partial charge in [-0.2, -0.15) is 0 Å². The van der Waals surface area contributed by atoms with Crippen molar-refractivity contribution in [3.05, 3.63) is 12.2 Å². The van der Waals surface area contributed by atoms with Gasteiger partial charge in [-0.05, 0) is 44.9 Å². The van der Waals surface area contributed by atoms with Crippen molar-refractivity contribution >= 4 is 11.9 Å².